The topological polar surface area (TPSA) is 72.5 Å². The van der Waals surface area contributed by atoms with Crippen LogP contribution in [0.25, 0.3) is 16.8 Å². The number of esters is 1. The molecule has 1 saturated heterocycles. The zero-order valence-electron chi connectivity index (χ0n) is 30.9. The Morgan fingerprint density at radius 1 is 0.564 bits per heavy atom. The highest BCUT2D eigenvalue weighted by Crippen LogP contribution is 2.41. The normalized spacial score (nSPS) is 19.8. The summed E-state index contributed by atoms with van der Waals surface area (Å²) in [6.45, 7) is 1.64. The first kappa shape index (κ1) is 37.9. The first-order valence-electron chi connectivity index (χ1n) is 18.7. The summed E-state index contributed by atoms with van der Waals surface area (Å²) in [5.74, 6) is -0.453. The van der Waals surface area contributed by atoms with Gasteiger partial charge in [-0.05, 0) is 50.2 Å². The van der Waals surface area contributed by atoms with Gasteiger partial charge < -0.3 is 28.4 Å². The maximum atomic E-state index is 12.5. The van der Waals surface area contributed by atoms with E-state index in [0.717, 1.165) is 44.2 Å². The van der Waals surface area contributed by atoms with Gasteiger partial charge in [0.2, 0.25) is 0 Å². The molecular weight excluding hydrogens is 689 g/mol. The molecule has 6 aromatic rings. The van der Waals surface area contributed by atoms with Crippen LogP contribution in [0.1, 0.15) is 39.5 Å². The standard InChI is InChI=1S/C48H46O7/c1-50-44(49)29-28-41-40-25-15-14-24-39(40)26-27-42(41)45-47(53-32-37-20-10-4-11-21-37)48(54-33-38-22-12-5-13-23-38)46(52-31-36-18-8-3-9-19-36)43(55-45)34-51-30-35-16-6-2-7-17-35/h2-29,43,45-48H,30-34H2,1H3/b29-28+/t43-,45-,46-,47-,48+/m1/s1. The summed E-state index contributed by atoms with van der Waals surface area (Å²) in [7, 11) is 1.37. The van der Waals surface area contributed by atoms with Crippen LogP contribution in [0.2, 0.25) is 0 Å². The van der Waals surface area contributed by atoms with Crippen molar-refractivity contribution >= 4 is 22.8 Å². The summed E-state index contributed by atoms with van der Waals surface area (Å²) in [5.41, 5.74) is 5.81. The first-order chi connectivity index (χ1) is 27.2. The van der Waals surface area contributed by atoms with Crippen molar-refractivity contribution < 1.29 is 33.2 Å². The molecule has 0 amide bonds. The summed E-state index contributed by atoms with van der Waals surface area (Å²) in [6, 6.07) is 52.6. The Bertz CT molecular complexity index is 2100. The molecular formula is C48H46O7. The highest BCUT2D eigenvalue weighted by Gasteiger charge is 2.49. The van der Waals surface area contributed by atoms with Crippen molar-refractivity contribution in [3.8, 4) is 0 Å². The van der Waals surface area contributed by atoms with Crippen molar-refractivity contribution in [3.63, 3.8) is 0 Å². The van der Waals surface area contributed by atoms with Crippen LogP contribution in [0.3, 0.4) is 0 Å². The van der Waals surface area contributed by atoms with Gasteiger partial charge in [-0.15, -0.1) is 0 Å². The van der Waals surface area contributed by atoms with Gasteiger partial charge >= 0.3 is 5.97 Å². The van der Waals surface area contributed by atoms with Crippen LogP contribution in [0.15, 0.2) is 164 Å². The molecule has 0 N–H and O–H groups in total. The highest BCUT2D eigenvalue weighted by atomic mass is 16.6. The van der Waals surface area contributed by atoms with E-state index in [4.69, 9.17) is 28.4 Å². The van der Waals surface area contributed by atoms with E-state index < -0.39 is 36.5 Å². The van der Waals surface area contributed by atoms with Crippen LogP contribution in [0.4, 0.5) is 0 Å². The minimum atomic E-state index is -0.645. The average molecular weight is 735 g/mol. The minimum Gasteiger partial charge on any atom is -0.466 e. The molecule has 1 aliphatic rings. The molecule has 1 aliphatic heterocycles. The SMILES string of the molecule is COC(=O)/C=C/c1c([C@H]2O[C@H](COCc3ccccc3)[C@@H](OCc3ccccc3)[C@H](OCc3ccccc3)[C@@H]2OCc2ccccc2)ccc2ccccc12. The number of hydrogen-bond donors (Lipinski definition) is 0. The minimum absolute atomic E-state index is 0.238. The summed E-state index contributed by atoms with van der Waals surface area (Å²) in [5, 5.41) is 1.99. The summed E-state index contributed by atoms with van der Waals surface area (Å²) in [6.07, 6.45) is 0.240. The number of methoxy groups -OCH3 is 1. The fraction of sp³-hybridized carbons (Fsp3) is 0.229. The fourth-order valence-electron chi connectivity index (χ4n) is 7.01. The van der Waals surface area contributed by atoms with E-state index in [0.29, 0.717) is 26.4 Å². The molecule has 55 heavy (non-hydrogen) atoms. The van der Waals surface area contributed by atoms with Gasteiger partial charge in [0.05, 0.1) is 40.1 Å². The monoisotopic (exact) mass is 734 g/mol. The van der Waals surface area contributed by atoms with Gasteiger partial charge in [-0.25, -0.2) is 4.79 Å². The largest absolute Gasteiger partial charge is 0.466 e. The van der Waals surface area contributed by atoms with Crippen molar-refractivity contribution in [2.75, 3.05) is 13.7 Å². The van der Waals surface area contributed by atoms with E-state index in [9.17, 15) is 4.79 Å². The predicted molar refractivity (Wildman–Crippen MR) is 214 cm³/mol. The molecule has 6 aromatic carbocycles. The second-order valence-corrected chi connectivity index (χ2v) is 13.5. The lowest BCUT2D eigenvalue weighted by molar-refractivity contribution is -0.275. The number of ether oxygens (including phenoxy) is 6. The Hall–Kier alpha value is -5.41. The molecule has 280 valence electrons. The molecule has 0 bridgehead atoms. The summed E-state index contributed by atoms with van der Waals surface area (Å²) < 4.78 is 39.5. The van der Waals surface area contributed by atoms with Gasteiger partial charge in [0.25, 0.3) is 0 Å². The summed E-state index contributed by atoms with van der Waals surface area (Å²) in [4.78, 5) is 12.5. The molecule has 0 saturated carbocycles. The van der Waals surface area contributed by atoms with E-state index in [1.54, 1.807) is 6.08 Å². The Kier molecular flexibility index (Phi) is 13.3. The number of carbonyl (C=O) groups is 1. The molecule has 0 radical (unpaired) electrons. The Morgan fingerprint density at radius 2 is 1.05 bits per heavy atom. The lowest BCUT2D eigenvalue weighted by Gasteiger charge is -2.47. The molecule has 0 unspecified atom stereocenters. The average Bonchev–Trinajstić information content (AvgIpc) is 3.25. The van der Waals surface area contributed by atoms with Crippen molar-refractivity contribution in [2.45, 2.75) is 56.9 Å². The van der Waals surface area contributed by atoms with Gasteiger partial charge in [-0.3, -0.25) is 0 Å². The predicted octanol–water partition coefficient (Wildman–Crippen LogP) is 9.44. The molecule has 1 heterocycles. The molecule has 1 fully saturated rings. The summed E-state index contributed by atoms with van der Waals surface area (Å²) >= 11 is 0. The molecule has 5 atom stereocenters. The third-order valence-electron chi connectivity index (χ3n) is 9.78. The second-order valence-electron chi connectivity index (χ2n) is 13.5. The number of benzene rings is 6. The van der Waals surface area contributed by atoms with Crippen LogP contribution in [0.5, 0.6) is 0 Å². The third kappa shape index (κ3) is 10.0. The smallest absolute Gasteiger partial charge is 0.330 e. The molecule has 0 spiro atoms. The van der Waals surface area contributed by atoms with Gasteiger partial charge in [-0.1, -0.05) is 158 Å². The van der Waals surface area contributed by atoms with E-state index >= 15 is 0 Å². The zero-order valence-corrected chi connectivity index (χ0v) is 30.9. The first-order valence-corrected chi connectivity index (χ1v) is 18.7. The van der Waals surface area contributed by atoms with Crippen molar-refractivity contribution in [2.24, 2.45) is 0 Å². The van der Waals surface area contributed by atoms with Crippen LogP contribution < -0.4 is 0 Å². The quantitative estimate of drug-likeness (QED) is 0.0725. The lowest BCUT2D eigenvalue weighted by atomic mass is 9.86. The molecule has 7 rings (SSSR count). The maximum Gasteiger partial charge on any atom is 0.330 e. The number of carbonyl (C=O) groups excluding carboxylic acids is 1. The van der Waals surface area contributed by atoms with E-state index in [2.05, 4.69) is 30.3 Å². The van der Waals surface area contributed by atoms with Gasteiger partial charge in [0, 0.05) is 6.08 Å². The van der Waals surface area contributed by atoms with Gasteiger partial charge in [0.1, 0.15) is 30.5 Å². The van der Waals surface area contributed by atoms with Gasteiger partial charge in [0.15, 0.2) is 0 Å². The maximum absolute atomic E-state index is 12.5. The van der Waals surface area contributed by atoms with Gasteiger partial charge in [-0.2, -0.15) is 0 Å². The van der Waals surface area contributed by atoms with Crippen molar-refractivity contribution in [1.29, 1.82) is 0 Å². The van der Waals surface area contributed by atoms with E-state index in [1.165, 1.54) is 13.2 Å². The van der Waals surface area contributed by atoms with E-state index in [1.807, 2.05) is 127 Å². The fourth-order valence-corrected chi connectivity index (χ4v) is 7.01. The van der Waals surface area contributed by atoms with Crippen molar-refractivity contribution in [1.82, 2.24) is 0 Å². The number of rotatable bonds is 16. The molecule has 0 aliphatic carbocycles. The van der Waals surface area contributed by atoms with E-state index in [-0.39, 0.29) is 6.61 Å². The second kappa shape index (κ2) is 19.3. The Morgan fingerprint density at radius 3 is 1.62 bits per heavy atom. The number of fused-ring (bicyclic) bond motifs is 1. The highest BCUT2D eigenvalue weighted by molar-refractivity contribution is 5.96. The van der Waals surface area contributed by atoms with Crippen molar-refractivity contribution in [3.05, 3.63) is 197 Å². The lowest BCUT2D eigenvalue weighted by Crippen LogP contribution is -2.58. The van der Waals surface area contributed by atoms with Crippen LogP contribution >= 0.6 is 0 Å². The molecule has 7 heteroatoms. The van der Waals surface area contributed by atoms with Crippen LogP contribution in [-0.2, 0) is 59.6 Å². The molecule has 7 nitrogen and oxygen atoms in total. The zero-order chi connectivity index (χ0) is 37.7. The van der Waals surface area contributed by atoms with Crippen LogP contribution in [-0.4, -0.2) is 44.1 Å². The number of hydrogen-bond acceptors (Lipinski definition) is 7. The Balaban J connectivity index is 1.33. The Labute approximate surface area is 323 Å². The van der Waals surface area contributed by atoms with Crippen LogP contribution in [0, 0.1) is 0 Å². The third-order valence-corrected chi connectivity index (χ3v) is 9.78. The molecule has 0 aromatic heterocycles.